The van der Waals surface area contributed by atoms with Gasteiger partial charge in [0.1, 0.15) is 10.1 Å². The van der Waals surface area contributed by atoms with Crippen LogP contribution in [0, 0.1) is 5.82 Å². The Kier molecular flexibility index (Phi) is 3.94. The van der Waals surface area contributed by atoms with Gasteiger partial charge in [0.25, 0.3) is 0 Å². The molecule has 0 bridgehead atoms. The molecule has 0 unspecified atom stereocenters. The van der Waals surface area contributed by atoms with Crippen molar-refractivity contribution in [2.24, 2.45) is 0 Å². The Bertz CT molecular complexity index is 505. The molecule has 0 saturated heterocycles. The molecule has 0 saturated carbocycles. The average molecular weight is 364 g/mol. The van der Waals surface area contributed by atoms with Gasteiger partial charge in [-0.1, -0.05) is 0 Å². The number of pyridine rings is 2. The quantitative estimate of drug-likeness (QED) is 0.795. The Morgan fingerprint density at radius 2 is 1.81 bits per heavy atom. The predicted molar refractivity (Wildman–Crippen MR) is 68.0 cm³/mol. The Balaban J connectivity index is 2.23. The zero-order valence-corrected chi connectivity index (χ0v) is 11.8. The smallest absolute Gasteiger partial charge is 0.156 e. The van der Waals surface area contributed by atoms with E-state index in [1.54, 1.807) is 18.5 Å². The van der Waals surface area contributed by atoms with Crippen LogP contribution >= 0.6 is 43.6 Å². The third kappa shape index (κ3) is 3.02. The van der Waals surface area contributed by atoms with Crippen LogP contribution < -0.4 is 0 Å². The fourth-order valence-corrected chi connectivity index (χ4v) is 2.24. The lowest BCUT2D eigenvalue weighted by Crippen LogP contribution is -1.87. The van der Waals surface area contributed by atoms with E-state index in [1.165, 1.54) is 17.8 Å². The lowest BCUT2D eigenvalue weighted by Gasteiger charge is -2.01. The molecule has 0 radical (unpaired) electrons. The maximum Gasteiger partial charge on any atom is 0.156 e. The van der Waals surface area contributed by atoms with Gasteiger partial charge in [0.2, 0.25) is 0 Å². The fourth-order valence-electron chi connectivity index (χ4n) is 0.999. The highest BCUT2D eigenvalue weighted by molar-refractivity contribution is 9.10. The molecule has 2 aromatic heterocycles. The summed E-state index contributed by atoms with van der Waals surface area (Å²) in [6, 6.07) is 5.04. The number of aromatic nitrogens is 2. The summed E-state index contributed by atoms with van der Waals surface area (Å²) in [7, 11) is 0. The van der Waals surface area contributed by atoms with E-state index < -0.39 is 0 Å². The standard InChI is InChI=1S/C10H5Br2FN2S/c11-6-1-2-9(14-4-6)16-10-8(13)3-7(12)5-15-10/h1-5H. The highest BCUT2D eigenvalue weighted by Gasteiger charge is 2.07. The summed E-state index contributed by atoms with van der Waals surface area (Å²) in [4.78, 5) is 8.12. The molecule has 0 aliphatic rings. The molecule has 2 aromatic rings. The monoisotopic (exact) mass is 362 g/mol. The zero-order valence-electron chi connectivity index (χ0n) is 7.82. The first kappa shape index (κ1) is 12.0. The lowest BCUT2D eigenvalue weighted by molar-refractivity contribution is 0.586. The van der Waals surface area contributed by atoms with Gasteiger partial charge in [0.05, 0.1) is 0 Å². The molecule has 0 amide bonds. The van der Waals surface area contributed by atoms with Gasteiger partial charge in [0.15, 0.2) is 5.82 Å². The zero-order chi connectivity index (χ0) is 11.5. The highest BCUT2D eigenvalue weighted by atomic mass is 79.9. The number of hydrogen-bond donors (Lipinski definition) is 0. The van der Waals surface area contributed by atoms with E-state index in [4.69, 9.17) is 0 Å². The summed E-state index contributed by atoms with van der Waals surface area (Å²) >= 11 is 7.64. The lowest BCUT2D eigenvalue weighted by atomic mass is 10.5. The van der Waals surface area contributed by atoms with Gasteiger partial charge in [-0.15, -0.1) is 0 Å². The molecule has 2 heterocycles. The van der Waals surface area contributed by atoms with Crippen molar-refractivity contribution in [1.82, 2.24) is 9.97 Å². The summed E-state index contributed by atoms with van der Waals surface area (Å²) in [6.45, 7) is 0. The van der Waals surface area contributed by atoms with Crippen LogP contribution in [-0.2, 0) is 0 Å². The second kappa shape index (κ2) is 5.25. The Hall–Kier alpha value is -0.460. The van der Waals surface area contributed by atoms with Crippen LogP contribution in [0.15, 0.2) is 49.6 Å². The summed E-state index contributed by atoms with van der Waals surface area (Å²) in [6.07, 6.45) is 3.23. The predicted octanol–water partition coefficient (Wildman–Crippen LogP) is 4.29. The van der Waals surface area contributed by atoms with E-state index in [1.807, 2.05) is 6.07 Å². The van der Waals surface area contributed by atoms with Crippen molar-refractivity contribution in [1.29, 1.82) is 0 Å². The van der Waals surface area contributed by atoms with E-state index >= 15 is 0 Å². The number of hydrogen-bond acceptors (Lipinski definition) is 3. The van der Waals surface area contributed by atoms with Crippen molar-refractivity contribution in [2.45, 2.75) is 10.1 Å². The normalized spacial score (nSPS) is 10.4. The van der Waals surface area contributed by atoms with Crippen LogP contribution in [0.1, 0.15) is 0 Å². The van der Waals surface area contributed by atoms with Crippen LogP contribution in [-0.4, -0.2) is 9.97 Å². The minimum absolute atomic E-state index is 0.318. The molecule has 0 aromatic carbocycles. The van der Waals surface area contributed by atoms with E-state index in [0.717, 1.165) is 4.47 Å². The van der Waals surface area contributed by atoms with Gasteiger partial charge in [-0.3, -0.25) is 0 Å². The van der Waals surface area contributed by atoms with Crippen molar-refractivity contribution in [3.05, 3.63) is 45.4 Å². The van der Waals surface area contributed by atoms with E-state index in [9.17, 15) is 4.39 Å². The summed E-state index contributed by atoms with van der Waals surface area (Å²) in [5, 5.41) is 1.02. The largest absolute Gasteiger partial charge is 0.248 e. The van der Waals surface area contributed by atoms with Gasteiger partial charge in [-0.05, 0) is 61.8 Å². The third-order valence-corrected chi connectivity index (χ3v) is 3.52. The molecule has 82 valence electrons. The molecule has 6 heteroatoms. The minimum atomic E-state index is -0.357. The van der Waals surface area contributed by atoms with Gasteiger partial charge in [-0.25, -0.2) is 14.4 Å². The van der Waals surface area contributed by atoms with Crippen LogP contribution in [0.5, 0.6) is 0 Å². The molecule has 0 atom stereocenters. The molecule has 2 rings (SSSR count). The average Bonchev–Trinajstić information content (AvgIpc) is 2.25. The Morgan fingerprint density at radius 3 is 2.44 bits per heavy atom. The first-order valence-electron chi connectivity index (χ1n) is 4.25. The van der Waals surface area contributed by atoms with Crippen LogP contribution in [0.2, 0.25) is 0 Å². The second-order valence-electron chi connectivity index (χ2n) is 2.86. The molecule has 0 spiro atoms. The van der Waals surface area contributed by atoms with Gasteiger partial charge in [-0.2, -0.15) is 0 Å². The number of halogens is 3. The van der Waals surface area contributed by atoms with Crippen molar-refractivity contribution in [3.8, 4) is 0 Å². The Morgan fingerprint density at radius 1 is 1.06 bits per heavy atom. The number of rotatable bonds is 2. The van der Waals surface area contributed by atoms with Crippen molar-refractivity contribution in [2.75, 3.05) is 0 Å². The van der Waals surface area contributed by atoms with Crippen LogP contribution in [0.25, 0.3) is 0 Å². The van der Waals surface area contributed by atoms with Crippen molar-refractivity contribution >= 4 is 43.6 Å². The molecule has 16 heavy (non-hydrogen) atoms. The molecule has 0 fully saturated rings. The molecule has 0 aliphatic heterocycles. The highest BCUT2D eigenvalue weighted by Crippen LogP contribution is 2.28. The summed E-state index contributed by atoms with van der Waals surface area (Å²) < 4.78 is 15.0. The summed E-state index contributed by atoms with van der Waals surface area (Å²) in [5.74, 6) is -0.357. The van der Waals surface area contributed by atoms with Gasteiger partial charge in [0, 0.05) is 21.3 Å². The minimum Gasteiger partial charge on any atom is -0.248 e. The third-order valence-electron chi connectivity index (χ3n) is 1.68. The fraction of sp³-hybridized carbons (Fsp3) is 0. The van der Waals surface area contributed by atoms with Gasteiger partial charge >= 0.3 is 0 Å². The van der Waals surface area contributed by atoms with E-state index in [2.05, 4.69) is 41.8 Å². The topological polar surface area (TPSA) is 25.8 Å². The van der Waals surface area contributed by atoms with Crippen molar-refractivity contribution in [3.63, 3.8) is 0 Å². The van der Waals surface area contributed by atoms with Crippen molar-refractivity contribution < 1.29 is 4.39 Å². The molecule has 2 nitrogen and oxygen atoms in total. The maximum absolute atomic E-state index is 13.5. The van der Waals surface area contributed by atoms with E-state index in [-0.39, 0.29) is 5.82 Å². The van der Waals surface area contributed by atoms with Crippen LogP contribution in [0.3, 0.4) is 0 Å². The number of nitrogens with zero attached hydrogens (tertiary/aromatic N) is 2. The molecule has 0 N–H and O–H groups in total. The van der Waals surface area contributed by atoms with Crippen LogP contribution in [0.4, 0.5) is 4.39 Å². The molecular weight excluding hydrogens is 359 g/mol. The molecule has 0 aliphatic carbocycles. The maximum atomic E-state index is 13.5. The first-order chi connectivity index (χ1) is 7.65. The summed E-state index contributed by atoms with van der Waals surface area (Å²) in [5.41, 5.74) is 0. The van der Waals surface area contributed by atoms with Gasteiger partial charge < -0.3 is 0 Å². The Labute approximate surface area is 113 Å². The second-order valence-corrected chi connectivity index (χ2v) is 5.70. The van der Waals surface area contributed by atoms with E-state index in [0.29, 0.717) is 14.5 Å². The first-order valence-corrected chi connectivity index (χ1v) is 6.66. The molecular formula is C10H5Br2FN2S. The SMILES string of the molecule is Fc1cc(Br)cnc1Sc1ccc(Br)cn1.